The van der Waals surface area contributed by atoms with Gasteiger partial charge >= 0.3 is 5.69 Å². The molecular formula is C21H20FN7O2. The Morgan fingerprint density at radius 1 is 1.23 bits per heavy atom. The number of pyridine rings is 1. The first-order valence-electron chi connectivity index (χ1n) is 9.66. The second-order valence-electron chi connectivity index (χ2n) is 7.07. The fourth-order valence-corrected chi connectivity index (χ4v) is 3.37. The maximum Gasteiger partial charge on any atom is 0.311 e. The Hall–Kier alpha value is -4.08. The number of anilines is 2. The number of rotatable bonds is 7. The van der Waals surface area contributed by atoms with Crippen LogP contribution < -0.4 is 11.1 Å². The lowest BCUT2D eigenvalue weighted by molar-refractivity contribution is -0.384. The minimum absolute atomic E-state index is 0.0837. The van der Waals surface area contributed by atoms with Crippen molar-refractivity contribution >= 4 is 23.1 Å². The fraction of sp³-hybridized carbons (Fsp3) is 0.190. The maximum absolute atomic E-state index is 13.5. The molecule has 3 aromatic heterocycles. The zero-order valence-electron chi connectivity index (χ0n) is 16.7. The predicted octanol–water partition coefficient (Wildman–Crippen LogP) is 3.77. The lowest BCUT2D eigenvalue weighted by atomic mass is 10.1. The molecule has 9 nitrogen and oxygen atoms in total. The molecule has 3 heterocycles. The molecule has 0 atom stereocenters. The van der Waals surface area contributed by atoms with Gasteiger partial charge in [0.15, 0.2) is 0 Å². The van der Waals surface area contributed by atoms with E-state index in [0.29, 0.717) is 36.7 Å². The molecule has 0 saturated carbocycles. The lowest BCUT2D eigenvalue weighted by Crippen LogP contribution is -2.10. The number of aromatic nitrogens is 4. The van der Waals surface area contributed by atoms with Crippen molar-refractivity contribution < 1.29 is 9.31 Å². The summed E-state index contributed by atoms with van der Waals surface area (Å²) >= 11 is 0. The van der Waals surface area contributed by atoms with Gasteiger partial charge in [-0.15, -0.1) is 0 Å². The number of halogens is 1. The van der Waals surface area contributed by atoms with Gasteiger partial charge < -0.3 is 11.1 Å². The van der Waals surface area contributed by atoms with E-state index in [1.54, 1.807) is 18.3 Å². The first-order chi connectivity index (χ1) is 14.9. The molecule has 10 heteroatoms. The Balaban J connectivity index is 1.49. The first-order valence-corrected chi connectivity index (χ1v) is 9.66. The van der Waals surface area contributed by atoms with Crippen LogP contribution in [-0.4, -0.2) is 30.8 Å². The molecule has 0 bridgehead atoms. The van der Waals surface area contributed by atoms with E-state index in [1.807, 2.05) is 23.6 Å². The number of nitrogens with one attached hydrogen (secondary N) is 1. The predicted molar refractivity (Wildman–Crippen MR) is 115 cm³/mol. The van der Waals surface area contributed by atoms with E-state index in [4.69, 9.17) is 10.7 Å². The number of nitrogens with two attached hydrogens (primary N) is 1. The summed E-state index contributed by atoms with van der Waals surface area (Å²) in [4.78, 5) is 23.4. The molecule has 0 aliphatic carbocycles. The monoisotopic (exact) mass is 421 g/mol. The van der Waals surface area contributed by atoms with Crippen LogP contribution in [0.2, 0.25) is 0 Å². The minimum atomic E-state index is -0.550. The number of nitro groups is 1. The Morgan fingerprint density at radius 3 is 2.81 bits per heavy atom. The van der Waals surface area contributed by atoms with E-state index < -0.39 is 4.92 Å². The molecule has 0 saturated heterocycles. The van der Waals surface area contributed by atoms with Crippen LogP contribution in [0, 0.1) is 22.9 Å². The fourth-order valence-electron chi connectivity index (χ4n) is 3.37. The molecule has 0 amide bonds. The summed E-state index contributed by atoms with van der Waals surface area (Å²) in [5.74, 6) is 0.242. The van der Waals surface area contributed by atoms with Crippen molar-refractivity contribution in [3.63, 3.8) is 0 Å². The van der Waals surface area contributed by atoms with Crippen molar-refractivity contribution in [3.05, 3.63) is 76.0 Å². The van der Waals surface area contributed by atoms with Gasteiger partial charge in [-0.3, -0.25) is 14.5 Å². The van der Waals surface area contributed by atoms with Crippen LogP contribution in [0.25, 0.3) is 16.9 Å². The van der Waals surface area contributed by atoms with Crippen molar-refractivity contribution in [2.45, 2.75) is 19.8 Å². The molecule has 31 heavy (non-hydrogen) atoms. The highest BCUT2D eigenvalue weighted by atomic mass is 19.1. The van der Waals surface area contributed by atoms with Gasteiger partial charge in [-0.25, -0.2) is 19.3 Å². The zero-order chi connectivity index (χ0) is 22.0. The second-order valence-corrected chi connectivity index (χ2v) is 7.07. The van der Waals surface area contributed by atoms with Crippen LogP contribution in [0.3, 0.4) is 0 Å². The second kappa shape index (κ2) is 8.34. The third-order valence-corrected chi connectivity index (χ3v) is 4.90. The van der Waals surface area contributed by atoms with E-state index >= 15 is 0 Å². The van der Waals surface area contributed by atoms with E-state index in [9.17, 15) is 14.5 Å². The summed E-state index contributed by atoms with van der Waals surface area (Å²) in [6, 6.07) is 9.43. The minimum Gasteiger partial charge on any atom is -0.378 e. The van der Waals surface area contributed by atoms with Gasteiger partial charge in [0.25, 0.3) is 0 Å². The molecule has 0 radical (unpaired) electrons. The Kier molecular flexibility index (Phi) is 5.44. The molecule has 0 fully saturated rings. The number of hydrogen-bond acceptors (Lipinski definition) is 7. The van der Waals surface area contributed by atoms with E-state index in [0.717, 1.165) is 16.8 Å². The van der Waals surface area contributed by atoms with Gasteiger partial charge in [0, 0.05) is 42.3 Å². The van der Waals surface area contributed by atoms with Gasteiger partial charge in [0.05, 0.1) is 10.6 Å². The Bertz CT molecular complexity index is 1270. The summed E-state index contributed by atoms with van der Waals surface area (Å²) in [6.45, 7) is 2.43. The average molecular weight is 421 g/mol. The van der Waals surface area contributed by atoms with Crippen molar-refractivity contribution in [2.75, 3.05) is 17.6 Å². The molecular weight excluding hydrogens is 401 g/mol. The van der Waals surface area contributed by atoms with Gasteiger partial charge in [-0.05, 0) is 49.6 Å². The number of nitrogens with zero attached hydrogens (tertiary/aromatic N) is 5. The van der Waals surface area contributed by atoms with Gasteiger partial charge in [-0.2, -0.15) is 0 Å². The molecule has 158 valence electrons. The maximum atomic E-state index is 13.5. The van der Waals surface area contributed by atoms with Crippen LogP contribution >= 0.6 is 0 Å². The number of hydrogen-bond donors (Lipinski definition) is 2. The lowest BCUT2D eigenvalue weighted by Gasteiger charge is -2.12. The van der Waals surface area contributed by atoms with Crippen molar-refractivity contribution in [3.8, 4) is 11.3 Å². The van der Waals surface area contributed by atoms with Crippen LogP contribution in [-0.2, 0) is 6.42 Å². The van der Waals surface area contributed by atoms with Gasteiger partial charge in [0.2, 0.25) is 11.8 Å². The van der Waals surface area contributed by atoms with E-state index in [2.05, 4.69) is 15.3 Å². The number of fused-ring (bicyclic) bond motifs is 1. The number of benzene rings is 1. The highest BCUT2D eigenvalue weighted by molar-refractivity contribution is 5.68. The Labute approximate surface area is 176 Å². The molecule has 1 aromatic carbocycles. The first kappa shape index (κ1) is 20.2. The van der Waals surface area contributed by atoms with Crippen molar-refractivity contribution in [2.24, 2.45) is 0 Å². The molecule has 3 N–H and O–H groups in total. The molecule has 4 aromatic rings. The van der Waals surface area contributed by atoms with Crippen LogP contribution in [0.15, 0.2) is 48.8 Å². The van der Waals surface area contributed by atoms with Crippen LogP contribution in [0.1, 0.15) is 17.7 Å². The van der Waals surface area contributed by atoms with Crippen LogP contribution in [0.5, 0.6) is 0 Å². The summed E-state index contributed by atoms with van der Waals surface area (Å²) in [7, 11) is 0. The third-order valence-electron chi connectivity index (χ3n) is 4.90. The normalized spacial score (nSPS) is 11.0. The molecule has 4 rings (SSSR count). The summed E-state index contributed by atoms with van der Waals surface area (Å²) in [6.07, 6.45) is 4.80. The van der Waals surface area contributed by atoms with Crippen molar-refractivity contribution in [1.29, 1.82) is 0 Å². The Morgan fingerprint density at radius 2 is 2.06 bits per heavy atom. The van der Waals surface area contributed by atoms with Gasteiger partial charge in [0.1, 0.15) is 11.5 Å². The highest BCUT2D eigenvalue weighted by Gasteiger charge is 2.13. The third kappa shape index (κ3) is 4.27. The van der Waals surface area contributed by atoms with Crippen LogP contribution in [0.4, 0.5) is 21.8 Å². The smallest absolute Gasteiger partial charge is 0.311 e. The van der Waals surface area contributed by atoms with Gasteiger partial charge in [-0.1, -0.05) is 0 Å². The van der Waals surface area contributed by atoms with Crippen molar-refractivity contribution in [1.82, 2.24) is 19.4 Å². The van der Waals surface area contributed by atoms with E-state index in [-0.39, 0.29) is 17.3 Å². The average Bonchev–Trinajstić information content (AvgIpc) is 3.19. The standard InChI is InChI=1S/C21H20FN7O2/c1-13-11-14(22)4-6-16(13)17-12-19-24-9-10-28(19)21(27-17)25-8-2-3-15-5-7-18(29(30)31)20(23)26-15/h4-7,9-12H,2-3,8H2,1H3,(H2,23,26)(H,25,27). The quantitative estimate of drug-likeness (QED) is 0.264. The topological polar surface area (TPSA) is 124 Å². The largest absolute Gasteiger partial charge is 0.378 e. The summed E-state index contributed by atoms with van der Waals surface area (Å²) in [5, 5.41) is 14.1. The summed E-state index contributed by atoms with van der Waals surface area (Å²) < 4.78 is 15.3. The number of aryl methyl sites for hydroxylation is 2. The molecule has 0 spiro atoms. The zero-order valence-corrected chi connectivity index (χ0v) is 16.7. The highest BCUT2D eigenvalue weighted by Crippen LogP contribution is 2.25. The SMILES string of the molecule is Cc1cc(F)ccc1-c1cc2nccn2c(NCCCc2ccc([N+](=O)[O-])c(N)n2)n1. The summed E-state index contributed by atoms with van der Waals surface area (Å²) in [5.41, 5.74) is 9.18. The molecule has 0 unspecified atom stereocenters. The molecule has 0 aliphatic rings. The molecule has 0 aliphatic heterocycles. The van der Waals surface area contributed by atoms with E-state index in [1.165, 1.54) is 18.2 Å². The number of nitrogen functional groups attached to an aromatic ring is 1. The number of imidazole rings is 1.